The zero-order valence-corrected chi connectivity index (χ0v) is 21.2. The van der Waals surface area contributed by atoms with E-state index in [1.54, 1.807) is 4.90 Å². The van der Waals surface area contributed by atoms with Crippen molar-refractivity contribution in [2.45, 2.75) is 59.2 Å². The SMILES string of the molecule is CC(C)Oc1ccc(-c2nnc([NH+]=CC3=C(N)CCN(C(=O)OC(C)(C)C)CC3)s2)cc1Cl. The van der Waals surface area contributed by atoms with Crippen molar-refractivity contribution in [1.82, 2.24) is 15.1 Å². The number of halogens is 1. The Morgan fingerprint density at radius 2 is 2.00 bits per heavy atom. The minimum Gasteiger partial charge on any atom is -0.489 e. The molecule has 0 saturated carbocycles. The number of nitrogens with zero attached hydrogens (tertiary/aromatic N) is 3. The summed E-state index contributed by atoms with van der Waals surface area (Å²) < 4.78 is 11.2. The molecule has 2 aromatic rings. The zero-order chi connectivity index (χ0) is 24.2. The molecule has 1 aliphatic rings. The maximum atomic E-state index is 12.4. The van der Waals surface area contributed by atoms with Crippen LogP contribution in [-0.4, -0.2) is 52.2 Å². The summed E-state index contributed by atoms with van der Waals surface area (Å²) in [7, 11) is 0. The predicted molar refractivity (Wildman–Crippen MR) is 131 cm³/mol. The number of hydrogen-bond donors (Lipinski definition) is 2. The topological polar surface area (TPSA) is 105 Å². The van der Waals surface area contributed by atoms with Crippen molar-refractivity contribution in [1.29, 1.82) is 0 Å². The largest absolute Gasteiger partial charge is 0.489 e. The summed E-state index contributed by atoms with van der Waals surface area (Å²) in [4.78, 5) is 17.3. The first-order chi connectivity index (χ1) is 15.5. The van der Waals surface area contributed by atoms with E-state index in [1.165, 1.54) is 11.3 Å². The first-order valence-corrected chi connectivity index (χ1v) is 12.1. The third-order valence-electron chi connectivity index (χ3n) is 4.70. The van der Waals surface area contributed by atoms with E-state index in [-0.39, 0.29) is 12.2 Å². The fraction of sp³-hybridized carbons (Fsp3) is 0.478. The molecule has 33 heavy (non-hydrogen) atoms. The van der Waals surface area contributed by atoms with Gasteiger partial charge in [0.15, 0.2) is 5.01 Å². The van der Waals surface area contributed by atoms with Crippen molar-refractivity contribution in [2.75, 3.05) is 13.1 Å². The molecule has 1 aromatic carbocycles. The van der Waals surface area contributed by atoms with Gasteiger partial charge < -0.3 is 20.1 Å². The Bertz CT molecular complexity index is 1060. The van der Waals surface area contributed by atoms with Crippen LogP contribution in [0.3, 0.4) is 0 Å². The van der Waals surface area contributed by atoms with Gasteiger partial charge in [-0.05, 0) is 75.7 Å². The van der Waals surface area contributed by atoms with Gasteiger partial charge in [0.05, 0.1) is 22.4 Å². The standard InChI is InChI=1S/C23H30ClN5O3S/c1-14(2)31-19-7-6-15(12-17(19)24)20-27-28-21(33-20)26-13-16-8-10-29(11-9-18(16)25)22(30)32-23(3,4)5/h6-7,12-14H,8-11,25H2,1-5H3/p+1. The number of benzene rings is 1. The molecular weight excluding hydrogens is 462 g/mol. The van der Waals surface area contributed by atoms with E-state index in [2.05, 4.69) is 15.2 Å². The van der Waals surface area contributed by atoms with Gasteiger partial charge in [-0.2, -0.15) is 0 Å². The summed E-state index contributed by atoms with van der Waals surface area (Å²) in [6.07, 6.45) is 2.77. The lowest BCUT2D eigenvalue weighted by Gasteiger charge is -2.26. The molecule has 0 saturated heterocycles. The number of carbonyl (C=O) groups excluding carboxylic acids is 1. The third-order valence-corrected chi connectivity index (χ3v) is 5.90. The van der Waals surface area contributed by atoms with Crippen LogP contribution in [0.15, 0.2) is 29.5 Å². The Morgan fingerprint density at radius 3 is 2.67 bits per heavy atom. The fourth-order valence-electron chi connectivity index (χ4n) is 3.15. The van der Waals surface area contributed by atoms with Crippen molar-refractivity contribution in [3.05, 3.63) is 34.5 Å². The molecule has 0 radical (unpaired) electrons. The summed E-state index contributed by atoms with van der Waals surface area (Å²) in [5.41, 5.74) is 8.28. The van der Waals surface area contributed by atoms with E-state index in [0.29, 0.717) is 41.8 Å². The van der Waals surface area contributed by atoms with Crippen molar-refractivity contribution in [3.63, 3.8) is 0 Å². The second-order valence-corrected chi connectivity index (χ2v) is 10.4. The third kappa shape index (κ3) is 7.17. The van der Waals surface area contributed by atoms with Gasteiger partial charge in [-0.1, -0.05) is 11.6 Å². The molecule has 10 heteroatoms. The minimum absolute atomic E-state index is 0.0446. The highest BCUT2D eigenvalue weighted by atomic mass is 35.5. The van der Waals surface area contributed by atoms with Gasteiger partial charge in [0.25, 0.3) is 0 Å². The van der Waals surface area contributed by atoms with E-state index in [1.807, 2.05) is 59.0 Å². The summed E-state index contributed by atoms with van der Waals surface area (Å²) in [6, 6.07) is 5.57. The number of hydrogen-bond acceptors (Lipinski definition) is 7. The van der Waals surface area contributed by atoms with Crippen LogP contribution in [-0.2, 0) is 4.74 Å². The Labute approximate surface area is 203 Å². The molecule has 1 aromatic heterocycles. The molecule has 3 rings (SSSR count). The average Bonchev–Trinajstić information content (AvgIpc) is 3.10. The molecule has 1 amide bonds. The Hall–Kier alpha value is -2.65. The second-order valence-electron chi connectivity index (χ2n) is 9.03. The first kappa shape index (κ1) is 25.0. The van der Waals surface area contributed by atoms with Gasteiger partial charge in [-0.3, -0.25) is 0 Å². The van der Waals surface area contributed by atoms with Crippen molar-refractivity contribution < 1.29 is 19.3 Å². The van der Waals surface area contributed by atoms with E-state index < -0.39 is 5.60 Å². The van der Waals surface area contributed by atoms with Crippen LogP contribution in [0.25, 0.3) is 10.6 Å². The minimum atomic E-state index is -0.527. The number of rotatable bonds is 5. The molecule has 1 aliphatic heterocycles. The van der Waals surface area contributed by atoms with E-state index in [4.69, 9.17) is 26.8 Å². The van der Waals surface area contributed by atoms with Crippen molar-refractivity contribution >= 4 is 40.4 Å². The van der Waals surface area contributed by atoms with Crippen LogP contribution in [0.2, 0.25) is 5.02 Å². The van der Waals surface area contributed by atoms with Crippen LogP contribution in [0.4, 0.5) is 9.93 Å². The summed E-state index contributed by atoms with van der Waals surface area (Å²) in [6.45, 7) is 10.5. The molecule has 0 atom stereocenters. The number of ether oxygens (including phenoxy) is 2. The Balaban J connectivity index is 1.66. The highest BCUT2D eigenvalue weighted by Crippen LogP contribution is 2.32. The molecule has 2 heterocycles. The number of aromatic nitrogens is 2. The maximum Gasteiger partial charge on any atom is 0.410 e. The molecule has 178 valence electrons. The van der Waals surface area contributed by atoms with Gasteiger partial charge in [-0.15, -0.1) is 0 Å². The van der Waals surface area contributed by atoms with Gasteiger partial charge in [-0.25, -0.2) is 9.79 Å². The molecule has 3 N–H and O–H groups in total. The van der Waals surface area contributed by atoms with Crippen LogP contribution >= 0.6 is 22.9 Å². The Kier molecular flexibility index (Phi) is 7.97. The van der Waals surface area contributed by atoms with Gasteiger partial charge in [0.1, 0.15) is 11.4 Å². The lowest BCUT2D eigenvalue weighted by atomic mass is 10.1. The van der Waals surface area contributed by atoms with Gasteiger partial charge in [0, 0.05) is 36.3 Å². The number of carbonyl (C=O) groups is 1. The molecule has 8 nitrogen and oxygen atoms in total. The molecule has 0 fully saturated rings. The zero-order valence-electron chi connectivity index (χ0n) is 19.6. The number of nitrogens with one attached hydrogen (secondary N) is 1. The van der Waals surface area contributed by atoms with Crippen LogP contribution in [0.1, 0.15) is 47.5 Å². The molecule has 0 unspecified atom stereocenters. The fourth-order valence-corrected chi connectivity index (χ4v) is 4.08. The average molecular weight is 493 g/mol. The van der Waals surface area contributed by atoms with Crippen LogP contribution in [0, 0.1) is 0 Å². The molecule has 0 spiro atoms. The highest BCUT2D eigenvalue weighted by Gasteiger charge is 2.24. The van der Waals surface area contributed by atoms with Crippen molar-refractivity contribution in [3.8, 4) is 16.3 Å². The molecule has 0 aliphatic carbocycles. The monoisotopic (exact) mass is 492 g/mol. The van der Waals surface area contributed by atoms with Crippen LogP contribution < -0.4 is 15.5 Å². The van der Waals surface area contributed by atoms with E-state index in [0.717, 1.165) is 21.8 Å². The second kappa shape index (κ2) is 10.5. The maximum absolute atomic E-state index is 12.4. The highest BCUT2D eigenvalue weighted by molar-refractivity contribution is 7.17. The summed E-state index contributed by atoms with van der Waals surface area (Å²) >= 11 is 7.76. The summed E-state index contributed by atoms with van der Waals surface area (Å²) in [5, 5.41) is 10.4. The van der Waals surface area contributed by atoms with Gasteiger partial charge >= 0.3 is 11.2 Å². The normalized spacial score (nSPS) is 15.3. The predicted octanol–water partition coefficient (Wildman–Crippen LogP) is 3.67. The van der Waals surface area contributed by atoms with E-state index >= 15 is 0 Å². The molecule has 0 bridgehead atoms. The quantitative estimate of drug-likeness (QED) is 0.617. The van der Waals surface area contributed by atoms with Gasteiger partial charge in [0.2, 0.25) is 0 Å². The number of nitrogens with two attached hydrogens (primary N) is 1. The lowest BCUT2D eigenvalue weighted by Crippen LogP contribution is -2.61. The molecular formula is C23H31ClN5O3S+. The first-order valence-electron chi connectivity index (χ1n) is 10.9. The van der Waals surface area contributed by atoms with Crippen LogP contribution in [0.5, 0.6) is 5.75 Å². The lowest BCUT2D eigenvalue weighted by molar-refractivity contribution is -0.347. The number of amides is 1. The summed E-state index contributed by atoms with van der Waals surface area (Å²) in [5.74, 6) is 0.641. The Morgan fingerprint density at radius 1 is 1.27 bits per heavy atom. The van der Waals surface area contributed by atoms with Crippen molar-refractivity contribution in [2.24, 2.45) is 5.73 Å². The van der Waals surface area contributed by atoms with E-state index in [9.17, 15) is 4.79 Å². The smallest absolute Gasteiger partial charge is 0.410 e.